The maximum Gasteiger partial charge on any atom is 0.221 e. The van der Waals surface area contributed by atoms with E-state index in [1.807, 2.05) is 0 Å². The molecule has 1 amide bonds. The van der Waals surface area contributed by atoms with Gasteiger partial charge >= 0.3 is 0 Å². The molecule has 1 aromatic carbocycles. The van der Waals surface area contributed by atoms with Crippen LogP contribution in [0.4, 0.5) is 4.39 Å². The smallest absolute Gasteiger partial charge is 0.221 e. The van der Waals surface area contributed by atoms with Gasteiger partial charge in [-0.25, -0.2) is 4.39 Å². The molecule has 0 aliphatic rings. The highest BCUT2D eigenvalue weighted by Gasteiger charge is 2.25. The normalized spacial score (nSPS) is 13.1. The highest BCUT2D eigenvalue weighted by molar-refractivity contribution is 7.99. The highest BCUT2D eigenvalue weighted by atomic mass is 32.2. The summed E-state index contributed by atoms with van der Waals surface area (Å²) in [5, 5.41) is 12.3. The molecule has 0 spiro atoms. The van der Waals surface area contributed by atoms with E-state index in [2.05, 4.69) is 5.32 Å². The van der Waals surface area contributed by atoms with Crippen molar-refractivity contribution in [3.63, 3.8) is 0 Å². The van der Waals surface area contributed by atoms with Gasteiger partial charge in [0.05, 0.1) is 11.6 Å². The monoisotopic (exact) mass is 285 g/mol. The van der Waals surface area contributed by atoms with E-state index in [0.29, 0.717) is 12.2 Å². The average Bonchev–Trinajstić information content (AvgIpc) is 2.31. The van der Waals surface area contributed by atoms with E-state index < -0.39 is 11.6 Å². The second-order valence-electron chi connectivity index (χ2n) is 5.00. The molecule has 106 valence electrons. The average molecular weight is 285 g/mol. The summed E-state index contributed by atoms with van der Waals surface area (Å²) in [4.78, 5) is 12.6. The van der Waals surface area contributed by atoms with Gasteiger partial charge in [-0.15, -0.1) is 11.8 Å². The van der Waals surface area contributed by atoms with Gasteiger partial charge in [0.1, 0.15) is 5.82 Å². The van der Waals surface area contributed by atoms with Gasteiger partial charge in [-0.05, 0) is 45.0 Å². The third-order valence-corrected chi connectivity index (χ3v) is 3.93. The van der Waals surface area contributed by atoms with Crippen molar-refractivity contribution in [1.82, 2.24) is 5.32 Å². The van der Waals surface area contributed by atoms with Crippen molar-refractivity contribution in [2.45, 2.75) is 43.7 Å². The Balaban J connectivity index is 2.33. The Morgan fingerprint density at radius 3 is 2.53 bits per heavy atom. The number of carbonyl (C=O) groups is 1. The number of thioether (sulfide) groups is 1. The Morgan fingerprint density at radius 1 is 1.42 bits per heavy atom. The fourth-order valence-electron chi connectivity index (χ4n) is 1.32. The number of hydrogen-bond donors (Lipinski definition) is 2. The lowest BCUT2D eigenvalue weighted by Crippen LogP contribution is -2.51. The Kier molecular flexibility index (Phi) is 5.82. The summed E-state index contributed by atoms with van der Waals surface area (Å²) >= 11 is 1.50. The van der Waals surface area contributed by atoms with Gasteiger partial charge in [-0.2, -0.15) is 0 Å². The van der Waals surface area contributed by atoms with Crippen LogP contribution in [0.15, 0.2) is 29.2 Å². The van der Waals surface area contributed by atoms with E-state index in [1.165, 1.54) is 23.9 Å². The molecule has 0 radical (unpaired) electrons. The summed E-state index contributed by atoms with van der Waals surface area (Å²) in [6.45, 7) is 5.21. The predicted molar refractivity (Wildman–Crippen MR) is 75.6 cm³/mol. The number of nitrogens with one attached hydrogen (secondary N) is 1. The zero-order valence-corrected chi connectivity index (χ0v) is 12.3. The first-order chi connectivity index (χ1) is 8.81. The number of hydrogen-bond acceptors (Lipinski definition) is 3. The molecule has 0 bridgehead atoms. The summed E-state index contributed by atoms with van der Waals surface area (Å²) < 4.78 is 12.7. The molecule has 1 rings (SSSR count). The zero-order valence-electron chi connectivity index (χ0n) is 11.4. The van der Waals surface area contributed by atoms with Crippen molar-refractivity contribution in [3.8, 4) is 0 Å². The molecule has 5 heteroatoms. The summed E-state index contributed by atoms with van der Waals surface area (Å²) in [6.07, 6.45) is -0.251. The molecule has 0 heterocycles. The molecule has 0 aliphatic heterocycles. The van der Waals surface area contributed by atoms with Crippen LogP contribution in [0.5, 0.6) is 0 Å². The molecule has 0 saturated heterocycles. The first-order valence-corrected chi connectivity index (χ1v) is 7.17. The Labute approximate surface area is 117 Å². The van der Waals surface area contributed by atoms with E-state index in [1.54, 1.807) is 32.9 Å². The van der Waals surface area contributed by atoms with Gasteiger partial charge < -0.3 is 10.4 Å². The van der Waals surface area contributed by atoms with Crippen molar-refractivity contribution in [2.24, 2.45) is 0 Å². The maximum atomic E-state index is 12.7. The van der Waals surface area contributed by atoms with Crippen molar-refractivity contribution < 1.29 is 14.3 Å². The molecule has 1 aromatic rings. The van der Waals surface area contributed by atoms with Crippen LogP contribution in [-0.4, -0.2) is 28.4 Å². The van der Waals surface area contributed by atoms with Crippen LogP contribution < -0.4 is 5.32 Å². The van der Waals surface area contributed by atoms with E-state index >= 15 is 0 Å². The summed E-state index contributed by atoms with van der Waals surface area (Å²) in [5.41, 5.74) is -0.627. The van der Waals surface area contributed by atoms with Gasteiger partial charge in [0.15, 0.2) is 0 Å². The van der Waals surface area contributed by atoms with Crippen LogP contribution in [0.2, 0.25) is 0 Å². The van der Waals surface area contributed by atoms with Crippen LogP contribution >= 0.6 is 11.8 Å². The number of carbonyl (C=O) groups excluding carboxylic acids is 1. The van der Waals surface area contributed by atoms with E-state index in [4.69, 9.17) is 0 Å². The fraction of sp³-hybridized carbons (Fsp3) is 0.500. The molecule has 3 nitrogen and oxygen atoms in total. The third kappa shape index (κ3) is 5.61. The summed E-state index contributed by atoms with van der Waals surface area (Å²) in [6, 6.07) is 6.19. The minimum Gasteiger partial charge on any atom is -0.391 e. The molecular formula is C14H20FNO2S. The van der Waals surface area contributed by atoms with E-state index in [-0.39, 0.29) is 11.7 Å². The second-order valence-corrected chi connectivity index (χ2v) is 6.17. The first-order valence-electron chi connectivity index (χ1n) is 6.19. The first kappa shape index (κ1) is 16.0. The fourth-order valence-corrected chi connectivity index (χ4v) is 2.17. The lowest BCUT2D eigenvalue weighted by Gasteiger charge is -2.29. The topological polar surface area (TPSA) is 49.3 Å². The van der Waals surface area contributed by atoms with Crippen LogP contribution in [-0.2, 0) is 4.79 Å². The lowest BCUT2D eigenvalue weighted by molar-refractivity contribution is -0.123. The molecule has 0 fully saturated rings. The van der Waals surface area contributed by atoms with Gasteiger partial charge in [-0.3, -0.25) is 4.79 Å². The second kappa shape index (κ2) is 6.91. The number of amides is 1. The maximum absolute atomic E-state index is 12.7. The summed E-state index contributed by atoms with van der Waals surface area (Å²) in [7, 11) is 0. The van der Waals surface area contributed by atoms with Gasteiger partial charge in [0, 0.05) is 17.1 Å². The van der Waals surface area contributed by atoms with E-state index in [9.17, 15) is 14.3 Å². The highest BCUT2D eigenvalue weighted by Crippen LogP contribution is 2.19. The lowest BCUT2D eigenvalue weighted by atomic mass is 9.99. The number of aliphatic hydroxyl groups is 1. The molecule has 0 aliphatic carbocycles. The molecule has 1 atom stereocenters. The minimum absolute atomic E-state index is 0.0967. The van der Waals surface area contributed by atoms with Crippen molar-refractivity contribution in [1.29, 1.82) is 0 Å². The van der Waals surface area contributed by atoms with Crippen molar-refractivity contribution in [3.05, 3.63) is 30.1 Å². The zero-order chi connectivity index (χ0) is 14.5. The Morgan fingerprint density at radius 2 is 2.00 bits per heavy atom. The number of halogens is 1. The predicted octanol–water partition coefficient (Wildman–Crippen LogP) is 2.58. The van der Waals surface area contributed by atoms with Crippen LogP contribution in [0, 0.1) is 5.82 Å². The Bertz CT molecular complexity index is 418. The Hall–Kier alpha value is -1.07. The van der Waals surface area contributed by atoms with Crippen molar-refractivity contribution in [2.75, 3.05) is 5.75 Å². The largest absolute Gasteiger partial charge is 0.391 e. The molecule has 1 unspecified atom stereocenters. The molecule has 2 N–H and O–H groups in total. The van der Waals surface area contributed by atoms with E-state index in [0.717, 1.165) is 4.90 Å². The molecule has 0 saturated carbocycles. The van der Waals surface area contributed by atoms with Gasteiger partial charge in [0.25, 0.3) is 0 Å². The molecular weight excluding hydrogens is 265 g/mol. The number of aliphatic hydroxyl groups excluding tert-OH is 1. The molecule has 19 heavy (non-hydrogen) atoms. The standard InChI is InChI=1S/C14H20FNO2S/c1-10(17)14(2,3)16-13(18)8-9-19-12-6-4-11(15)5-7-12/h4-7,10,17H,8-9H2,1-3H3,(H,16,18). The van der Waals surface area contributed by atoms with Gasteiger partial charge in [0.2, 0.25) is 5.91 Å². The minimum atomic E-state index is -0.627. The molecule has 0 aromatic heterocycles. The van der Waals surface area contributed by atoms with Crippen LogP contribution in [0.1, 0.15) is 27.2 Å². The SMILES string of the molecule is CC(O)C(C)(C)NC(=O)CCSc1ccc(F)cc1. The number of benzene rings is 1. The third-order valence-electron chi connectivity index (χ3n) is 2.92. The number of rotatable bonds is 6. The van der Waals surface area contributed by atoms with Crippen molar-refractivity contribution >= 4 is 17.7 Å². The van der Waals surface area contributed by atoms with Gasteiger partial charge in [-0.1, -0.05) is 0 Å². The summed E-state index contributed by atoms with van der Waals surface area (Å²) in [5.74, 6) is 0.258. The van der Waals surface area contributed by atoms with Crippen LogP contribution in [0.3, 0.4) is 0 Å². The van der Waals surface area contributed by atoms with Crippen LogP contribution in [0.25, 0.3) is 0 Å². The quantitative estimate of drug-likeness (QED) is 0.790.